The van der Waals surface area contributed by atoms with E-state index in [1.807, 2.05) is 0 Å². The number of rotatable bonds is 2. The first-order valence-corrected chi connectivity index (χ1v) is 6.49. The molecule has 1 fully saturated rings. The zero-order chi connectivity index (χ0) is 16.7. The zero-order valence-corrected chi connectivity index (χ0v) is 11.8. The molecule has 2 rings (SSSR count). The van der Waals surface area contributed by atoms with Crippen molar-refractivity contribution in [1.82, 2.24) is 0 Å². The van der Waals surface area contributed by atoms with Crippen molar-refractivity contribution in [2.45, 2.75) is 31.6 Å². The summed E-state index contributed by atoms with van der Waals surface area (Å²) in [5.41, 5.74) is -0.0628. The molecule has 1 saturated heterocycles. The minimum absolute atomic E-state index is 0.0628. The summed E-state index contributed by atoms with van der Waals surface area (Å²) in [7, 11) is 1.09. The lowest BCUT2D eigenvalue weighted by Crippen LogP contribution is -2.38. The lowest BCUT2D eigenvalue weighted by Gasteiger charge is -2.30. The number of nitrogens with zero attached hydrogens (tertiary/aromatic N) is 2. The van der Waals surface area contributed by atoms with Gasteiger partial charge in [-0.2, -0.15) is 22.8 Å². The molecule has 0 radical (unpaired) electrons. The van der Waals surface area contributed by atoms with Gasteiger partial charge < -0.3 is 9.64 Å². The van der Waals surface area contributed by atoms with Gasteiger partial charge in [-0.15, -0.1) is 0 Å². The van der Waals surface area contributed by atoms with Gasteiger partial charge in [0.15, 0.2) is 11.6 Å². The Balaban J connectivity index is 2.52. The SMILES string of the molecule is COc1c(N2[C@H](C#N)C[C@H](C(F)(F)F)[C@H]2C)ccc(F)c1F. The highest BCUT2D eigenvalue weighted by Crippen LogP contribution is 2.46. The fraction of sp³-hybridized carbons (Fsp3) is 0.500. The summed E-state index contributed by atoms with van der Waals surface area (Å²) in [5.74, 6) is -4.70. The quantitative estimate of drug-likeness (QED) is 0.781. The van der Waals surface area contributed by atoms with E-state index in [2.05, 4.69) is 0 Å². The van der Waals surface area contributed by atoms with E-state index in [1.165, 1.54) is 6.92 Å². The number of anilines is 1. The maximum atomic E-state index is 13.8. The lowest BCUT2D eigenvalue weighted by molar-refractivity contribution is -0.174. The van der Waals surface area contributed by atoms with E-state index in [-0.39, 0.29) is 5.69 Å². The van der Waals surface area contributed by atoms with Crippen LogP contribution in [0.3, 0.4) is 0 Å². The first-order valence-electron chi connectivity index (χ1n) is 6.49. The molecule has 1 aromatic rings. The Labute approximate surface area is 123 Å². The van der Waals surface area contributed by atoms with Crippen LogP contribution in [0, 0.1) is 28.9 Å². The standard InChI is InChI=1S/C14H13F5N2O/c1-7-9(14(17,18)19)5-8(6-20)21(7)11-4-3-10(15)12(16)13(11)22-2/h3-4,7-9H,5H2,1-2H3/t7-,8+,9+/m1/s1. The van der Waals surface area contributed by atoms with Crippen LogP contribution in [0.4, 0.5) is 27.6 Å². The van der Waals surface area contributed by atoms with Crippen LogP contribution in [0.15, 0.2) is 12.1 Å². The molecule has 0 saturated carbocycles. The van der Waals surface area contributed by atoms with Crippen LogP contribution >= 0.6 is 0 Å². The second kappa shape index (κ2) is 5.63. The summed E-state index contributed by atoms with van der Waals surface area (Å²) >= 11 is 0. The number of benzene rings is 1. The number of hydrogen-bond acceptors (Lipinski definition) is 3. The van der Waals surface area contributed by atoms with Crippen molar-refractivity contribution >= 4 is 5.69 Å². The minimum atomic E-state index is -4.48. The van der Waals surface area contributed by atoms with Gasteiger partial charge >= 0.3 is 6.18 Å². The summed E-state index contributed by atoms with van der Waals surface area (Å²) in [6, 6.07) is 1.52. The fourth-order valence-electron chi connectivity index (χ4n) is 2.86. The van der Waals surface area contributed by atoms with E-state index in [0.717, 1.165) is 24.1 Å². The molecule has 0 bridgehead atoms. The van der Waals surface area contributed by atoms with E-state index in [0.29, 0.717) is 0 Å². The topological polar surface area (TPSA) is 36.3 Å². The number of hydrogen-bond donors (Lipinski definition) is 0. The van der Waals surface area contributed by atoms with Gasteiger partial charge in [0, 0.05) is 6.04 Å². The highest BCUT2D eigenvalue weighted by molar-refractivity contribution is 5.62. The molecule has 8 heteroatoms. The van der Waals surface area contributed by atoms with E-state index in [4.69, 9.17) is 10.00 Å². The smallest absolute Gasteiger partial charge is 0.393 e. The third-order valence-electron chi connectivity index (χ3n) is 3.92. The van der Waals surface area contributed by atoms with Gasteiger partial charge in [-0.25, -0.2) is 4.39 Å². The van der Waals surface area contributed by atoms with Crippen molar-refractivity contribution in [3.05, 3.63) is 23.8 Å². The fourth-order valence-corrected chi connectivity index (χ4v) is 2.86. The van der Waals surface area contributed by atoms with Crippen LogP contribution in [0.1, 0.15) is 13.3 Å². The molecule has 0 aromatic heterocycles. The second-order valence-electron chi connectivity index (χ2n) is 5.09. The molecule has 1 heterocycles. The molecule has 0 amide bonds. The molecular formula is C14H13F5N2O. The molecule has 3 atom stereocenters. The predicted molar refractivity (Wildman–Crippen MR) is 68.4 cm³/mol. The van der Waals surface area contributed by atoms with Crippen molar-refractivity contribution in [2.75, 3.05) is 12.0 Å². The third kappa shape index (κ3) is 2.56. The maximum Gasteiger partial charge on any atom is 0.393 e. The molecule has 3 nitrogen and oxygen atoms in total. The minimum Gasteiger partial charge on any atom is -0.491 e. The molecule has 120 valence electrons. The third-order valence-corrected chi connectivity index (χ3v) is 3.92. The molecule has 0 aliphatic carbocycles. The zero-order valence-electron chi connectivity index (χ0n) is 11.8. The van der Waals surface area contributed by atoms with Crippen LogP contribution in [0.5, 0.6) is 5.75 Å². The Morgan fingerprint density at radius 3 is 2.45 bits per heavy atom. The van der Waals surface area contributed by atoms with E-state index < -0.39 is 48.0 Å². The monoisotopic (exact) mass is 320 g/mol. The van der Waals surface area contributed by atoms with Crippen molar-refractivity contribution in [1.29, 1.82) is 5.26 Å². The number of alkyl halides is 3. The van der Waals surface area contributed by atoms with Crippen LogP contribution in [0.2, 0.25) is 0 Å². The van der Waals surface area contributed by atoms with Gasteiger partial charge in [0.2, 0.25) is 5.82 Å². The van der Waals surface area contributed by atoms with E-state index in [1.54, 1.807) is 6.07 Å². The second-order valence-corrected chi connectivity index (χ2v) is 5.09. The van der Waals surface area contributed by atoms with E-state index in [9.17, 15) is 22.0 Å². The summed E-state index contributed by atoms with van der Waals surface area (Å²) in [6.07, 6.45) is -4.90. The molecular weight excluding hydrogens is 307 g/mol. The van der Waals surface area contributed by atoms with Crippen LogP contribution in [0.25, 0.3) is 0 Å². The number of halogens is 5. The Kier molecular flexibility index (Phi) is 4.18. The van der Waals surface area contributed by atoms with Crippen molar-refractivity contribution < 1.29 is 26.7 Å². The largest absolute Gasteiger partial charge is 0.491 e. The first kappa shape index (κ1) is 16.3. The Morgan fingerprint density at radius 2 is 1.95 bits per heavy atom. The normalized spacial score (nSPS) is 25.2. The molecule has 0 unspecified atom stereocenters. The van der Waals surface area contributed by atoms with Crippen molar-refractivity contribution in [3.8, 4) is 11.8 Å². The predicted octanol–water partition coefficient (Wildman–Crippen LogP) is 3.64. The Bertz CT molecular complexity index is 610. The first-order chi connectivity index (χ1) is 10.2. The van der Waals surface area contributed by atoms with Gasteiger partial charge in [-0.05, 0) is 25.5 Å². The highest BCUT2D eigenvalue weighted by Gasteiger charge is 2.53. The average Bonchev–Trinajstić information content (AvgIpc) is 2.78. The van der Waals surface area contributed by atoms with Gasteiger partial charge in [0.05, 0.1) is 24.8 Å². The molecule has 1 aromatic carbocycles. The average molecular weight is 320 g/mol. The molecule has 1 aliphatic heterocycles. The summed E-state index contributed by atoms with van der Waals surface area (Å²) in [5, 5.41) is 9.12. The lowest BCUT2D eigenvalue weighted by atomic mass is 10.00. The van der Waals surface area contributed by atoms with Gasteiger partial charge in [-0.3, -0.25) is 0 Å². The van der Waals surface area contributed by atoms with Crippen molar-refractivity contribution in [3.63, 3.8) is 0 Å². The molecule has 22 heavy (non-hydrogen) atoms. The Hall–Kier alpha value is -2.04. The molecule has 0 N–H and O–H groups in total. The van der Waals surface area contributed by atoms with Gasteiger partial charge in [-0.1, -0.05) is 0 Å². The van der Waals surface area contributed by atoms with Gasteiger partial charge in [0.1, 0.15) is 6.04 Å². The maximum absolute atomic E-state index is 13.8. The van der Waals surface area contributed by atoms with Crippen molar-refractivity contribution in [2.24, 2.45) is 5.92 Å². The summed E-state index contributed by atoms with van der Waals surface area (Å²) < 4.78 is 70.9. The number of nitriles is 1. The Morgan fingerprint density at radius 1 is 1.32 bits per heavy atom. The summed E-state index contributed by atoms with van der Waals surface area (Å²) in [4.78, 5) is 1.14. The molecule has 0 spiro atoms. The number of methoxy groups -OCH3 is 1. The van der Waals surface area contributed by atoms with Crippen LogP contribution < -0.4 is 9.64 Å². The molecule has 1 aliphatic rings. The van der Waals surface area contributed by atoms with Crippen LogP contribution in [-0.2, 0) is 0 Å². The number of ether oxygens (including phenoxy) is 1. The van der Waals surface area contributed by atoms with Crippen LogP contribution in [-0.4, -0.2) is 25.4 Å². The summed E-state index contributed by atoms with van der Waals surface area (Å²) in [6.45, 7) is 1.30. The highest BCUT2D eigenvalue weighted by atomic mass is 19.4. The van der Waals surface area contributed by atoms with Gasteiger partial charge in [0.25, 0.3) is 0 Å². The van der Waals surface area contributed by atoms with E-state index >= 15 is 0 Å².